The van der Waals surface area contributed by atoms with Crippen LogP contribution in [-0.4, -0.2) is 14.7 Å². The maximum atomic E-state index is 11.4. The number of hydrogen-bond acceptors (Lipinski definition) is 3. The van der Waals surface area contributed by atoms with Crippen molar-refractivity contribution in [3.05, 3.63) is 26.4 Å². The lowest BCUT2D eigenvalue weighted by molar-refractivity contribution is 0.385. The number of nitrogens with zero attached hydrogens (tertiary/aromatic N) is 1. The molecule has 5 nitrogen and oxygen atoms in total. The Bertz CT molecular complexity index is 500. The van der Waals surface area contributed by atoms with E-state index in [1.165, 1.54) is 11.5 Å². The van der Waals surface area contributed by atoms with E-state index in [-0.39, 0.29) is 11.4 Å². The molecule has 0 aromatic carbocycles. The van der Waals surface area contributed by atoms with E-state index in [9.17, 15) is 14.7 Å². The highest BCUT2D eigenvalue weighted by atomic mass is 16.3. The van der Waals surface area contributed by atoms with Crippen LogP contribution in [0.3, 0.4) is 0 Å². The normalized spacial score (nSPS) is 24.1. The zero-order valence-electron chi connectivity index (χ0n) is 8.78. The van der Waals surface area contributed by atoms with Crippen LogP contribution < -0.4 is 11.2 Å². The van der Waals surface area contributed by atoms with Gasteiger partial charge >= 0.3 is 5.69 Å². The van der Waals surface area contributed by atoms with Gasteiger partial charge in [0.15, 0.2) is 0 Å². The summed E-state index contributed by atoms with van der Waals surface area (Å²) >= 11 is 0. The zero-order valence-corrected chi connectivity index (χ0v) is 8.78. The molecule has 1 saturated carbocycles. The summed E-state index contributed by atoms with van der Waals surface area (Å²) in [6.45, 7) is 4.09. The second kappa shape index (κ2) is 3.25. The van der Waals surface area contributed by atoms with E-state index < -0.39 is 11.2 Å². The van der Waals surface area contributed by atoms with Crippen molar-refractivity contribution in [2.24, 2.45) is 11.8 Å². The zero-order chi connectivity index (χ0) is 11.2. The molecule has 1 aromatic rings. The fraction of sp³-hybridized carbons (Fsp3) is 0.600. The van der Waals surface area contributed by atoms with Crippen molar-refractivity contribution in [1.82, 2.24) is 9.55 Å². The number of hydrogen-bond donors (Lipinski definition) is 2. The monoisotopic (exact) mass is 210 g/mol. The van der Waals surface area contributed by atoms with Gasteiger partial charge in [-0.1, -0.05) is 6.92 Å². The first-order chi connectivity index (χ1) is 7.00. The third-order valence-electron chi connectivity index (χ3n) is 3.09. The number of nitrogens with one attached hydrogen (secondary N) is 1. The molecule has 2 unspecified atom stereocenters. The summed E-state index contributed by atoms with van der Waals surface area (Å²) in [4.78, 5) is 24.8. The van der Waals surface area contributed by atoms with Crippen molar-refractivity contribution in [3.63, 3.8) is 0 Å². The molecule has 2 rings (SSSR count). The molecule has 1 aromatic heterocycles. The Kier molecular flexibility index (Phi) is 2.17. The van der Waals surface area contributed by atoms with Gasteiger partial charge in [-0.3, -0.25) is 14.3 Å². The van der Waals surface area contributed by atoms with Crippen LogP contribution in [0.1, 0.15) is 18.9 Å². The fourth-order valence-corrected chi connectivity index (χ4v) is 1.72. The van der Waals surface area contributed by atoms with Gasteiger partial charge in [0.25, 0.3) is 5.56 Å². The lowest BCUT2D eigenvalue weighted by atomic mass is 10.3. The summed E-state index contributed by atoms with van der Waals surface area (Å²) in [6, 6.07) is 0. The lowest BCUT2D eigenvalue weighted by Crippen LogP contribution is -2.31. The van der Waals surface area contributed by atoms with Crippen LogP contribution in [0, 0.1) is 18.8 Å². The largest absolute Gasteiger partial charge is 0.494 e. The Hall–Kier alpha value is -1.52. The molecule has 1 aliphatic rings. The number of aromatic nitrogens is 2. The molecule has 1 heterocycles. The van der Waals surface area contributed by atoms with Crippen LogP contribution in [0.5, 0.6) is 5.88 Å². The Morgan fingerprint density at radius 2 is 2.13 bits per heavy atom. The third-order valence-corrected chi connectivity index (χ3v) is 3.09. The molecular weight excluding hydrogens is 196 g/mol. The number of aromatic amines is 1. The minimum absolute atomic E-state index is 0.197. The van der Waals surface area contributed by atoms with E-state index in [2.05, 4.69) is 11.9 Å². The van der Waals surface area contributed by atoms with Crippen molar-refractivity contribution < 1.29 is 5.11 Å². The Labute approximate surface area is 86.4 Å². The quantitative estimate of drug-likeness (QED) is 0.732. The number of rotatable bonds is 2. The SMILES string of the molecule is Cc1c(O)n(CC2CC2C)c(=O)[nH]c1=O. The van der Waals surface area contributed by atoms with Crippen molar-refractivity contribution in [2.45, 2.75) is 26.8 Å². The molecule has 0 radical (unpaired) electrons. The molecule has 0 amide bonds. The highest BCUT2D eigenvalue weighted by Gasteiger charge is 2.33. The molecule has 15 heavy (non-hydrogen) atoms. The standard InChI is InChI=1S/C10H14N2O3/c1-5-3-7(5)4-12-9(14)6(2)8(13)11-10(12)15/h5,7,14H,3-4H2,1-2H3,(H,11,13,15). The summed E-state index contributed by atoms with van der Waals surface area (Å²) in [6.07, 6.45) is 1.07. The lowest BCUT2D eigenvalue weighted by Gasteiger charge is -2.08. The van der Waals surface area contributed by atoms with Gasteiger partial charge in [0, 0.05) is 6.54 Å². The molecule has 5 heteroatoms. The highest BCUT2D eigenvalue weighted by molar-refractivity contribution is 5.20. The van der Waals surface area contributed by atoms with Gasteiger partial charge in [0.2, 0.25) is 5.88 Å². The molecule has 82 valence electrons. The van der Waals surface area contributed by atoms with Crippen molar-refractivity contribution in [3.8, 4) is 5.88 Å². The smallest absolute Gasteiger partial charge is 0.331 e. The summed E-state index contributed by atoms with van der Waals surface area (Å²) in [7, 11) is 0. The Balaban J connectivity index is 2.42. The average Bonchev–Trinajstić information content (AvgIpc) is 2.86. The van der Waals surface area contributed by atoms with Crippen molar-refractivity contribution in [2.75, 3.05) is 0 Å². The number of H-pyrrole nitrogens is 1. The molecule has 0 aliphatic heterocycles. The maximum absolute atomic E-state index is 11.4. The van der Waals surface area contributed by atoms with Crippen LogP contribution >= 0.6 is 0 Å². The molecular formula is C10H14N2O3. The first-order valence-electron chi connectivity index (χ1n) is 5.03. The highest BCUT2D eigenvalue weighted by Crippen LogP contribution is 2.39. The summed E-state index contributed by atoms with van der Waals surface area (Å²) in [5.74, 6) is 0.838. The van der Waals surface area contributed by atoms with E-state index in [0.717, 1.165) is 6.42 Å². The molecule has 0 saturated heterocycles. The first kappa shape index (κ1) is 10.0. The Morgan fingerprint density at radius 3 is 2.67 bits per heavy atom. The molecule has 1 aliphatic carbocycles. The molecule has 0 spiro atoms. The van der Waals surface area contributed by atoms with Crippen molar-refractivity contribution >= 4 is 0 Å². The van der Waals surface area contributed by atoms with Crippen LogP contribution in [0.15, 0.2) is 9.59 Å². The topological polar surface area (TPSA) is 75.1 Å². The van der Waals surface area contributed by atoms with Gasteiger partial charge in [-0.2, -0.15) is 0 Å². The van der Waals surface area contributed by atoms with E-state index in [1.54, 1.807) is 0 Å². The van der Waals surface area contributed by atoms with Crippen LogP contribution in [0.4, 0.5) is 0 Å². The maximum Gasteiger partial charge on any atom is 0.331 e. The molecule has 2 atom stereocenters. The van der Waals surface area contributed by atoms with E-state index in [0.29, 0.717) is 18.4 Å². The predicted octanol–water partition coefficient (Wildman–Crippen LogP) is 0.207. The second-order valence-corrected chi connectivity index (χ2v) is 4.29. The van der Waals surface area contributed by atoms with E-state index in [4.69, 9.17) is 0 Å². The summed E-state index contributed by atoms with van der Waals surface area (Å²) in [5, 5.41) is 9.67. The van der Waals surface area contributed by atoms with Crippen molar-refractivity contribution in [1.29, 1.82) is 0 Å². The molecule has 1 fully saturated rings. The van der Waals surface area contributed by atoms with Gasteiger partial charge in [-0.25, -0.2) is 4.79 Å². The van der Waals surface area contributed by atoms with Gasteiger partial charge in [0.1, 0.15) is 0 Å². The fourth-order valence-electron chi connectivity index (χ4n) is 1.72. The third kappa shape index (κ3) is 1.69. The minimum atomic E-state index is -0.526. The molecule has 0 bridgehead atoms. The Morgan fingerprint density at radius 1 is 1.53 bits per heavy atom. The minimum Gasteiger partial charge on any atom is -0.494 e. The van der Waals surface area contributed by atoms with E-state index >= 15 is 0 Å². The van der Waals surface area contributed by atoms with Crippen LogP contribution in [0.2, 0.25) is 0 Å². The molecule has 2 N–H and O–H groups in total. The summed E-state index contributed by atoms with van der Waals surface area (Å²) in [5.41, 5.74) is -0.845. The van der Waals surface area contributed by atoms with Gasteiger partial charge < -0.3 is 5.11 Å². The first-order valence-corrected chi connectivity index (χ1v) is 5.03. The van der Waals surface area contributed by atoms with Gasteiger partial charge in [0.05, 0.1) is 5.56 Å². The van der Waals surface area contributed by atoms with Gasteiger partial charge in [-0.05, 0) is 25.2 Å². The average molecular weight is 210 g/mol. The predicted molar refractivity (Wildman–Crippen MR) is 55.0 cm³/mol. The van der Waals surface area contributed by atoms with E-state index in [1.807, 2.05) is 0 Å². The number of aromatic hydroxyl groups is 1. The summed E-state index contributed by atoms with van der Waals surface area (Å²) < 4.78 is 1.24. The van der Waals surface area contributed by atoms with Gasteiger partial charge in [-0.15, -0.1) is 0 Å². The van der Waals surface area contributed by atoms with Crippen LogP contribution in [-0.2, 0) is 6.54 Å². The van der Waals surface area contributed by atoms with Crippen LogP contribution in [0.25, 0.3) is 0 Å². The second-order valence-electron chi connectivity index (χ2n) is 4.29.